The molecule has 1 amide bonds. The fraction of sp³-hybridized carbons (Fsp3) is 0.438. The molecule has 2 fully saturated rings. The number of hydrogen-bond acceptors (Lipinski definition) is 4. The van der Waals surface area contributed by atoms with Gasteiger partial charge in [-0.15, -0.1) is 5.10 Å². The molecule has 0 spiro atoms. The molecule has 0 saturated carbocycles. The van der Waals surface area contributed by atoms with Crippen LogP contribution in [0.5, 0.6) is 0 Å². The number of ether oxygens (including phenoxy) is 1. The van der Waals surface area contributed by atoms with Crippen LogP contribution in [-0.4, -0.2) is 32.9 Å². The van der Waals surface area contributed by atoms with Crippen LogP contribution in [0.1, 0.15) is 25.7 Å². The predicted molar refractivity (Wildman–Crippen MR) is 85.6 cm³/mol. The van der Waals surface area contributed by atoms with E-state index in [4.69, 9.17) is 16.3 Å². The van der Waals surface area contributed by atoms with Crippen LogP contribution in [0.4, 0.5) is 5.82 Å². The van der Waals surface area contributed by atoms with Crippen LogP contribution in [0.25, 0.3) is 5.82 Å². The summed E-state index contributed by atoms with van der Waals surface area (Å²) in [5, 5.41) is 7.74. The van der Waals surface area contributed by atoms with Crippen LogP contribution in [0, 0.1) is 5.92 Å². The maximum atomic E-state index is 12.4. The second kappa shape index (κ2) is 5.94. The molecule has 0 aliphatic carbocycles. The molecule has 2 aliphatic heterocycles. The third-order valence-corrected chi connectivity index (χ3v) is 4.75. The number of pyridine rings is 1. The molecule has 2 aliphatic rings. The van der Waals surface area contributed by atoms with E-state index < -0.39 is 0 Å². The Hall–Kier alpha value is -1.92. The SMILES string of the molecule is O=C(Nc1ccn(-c2ncccc2Cl)n1)C1CC2CCC(C1)O2. The highest BCUT2D eigenvalue weighted by Crippen LogP contribution is 2.36. The van der Waals surface area contributed by atoms with Crippen molar-refractivity contribution in [3.63, 3.8) is 0 Å². The minimum absolute atomic E-state index is 0.00448. The van der Waals surface area contributed by atoms with Crippen LogP contribution in [0.3, 0.4) is 0 Å². The lowest BCUT2D eigenvalue weighted by Crippen LogP contribution is -2.33. The monoisotopic (exact) mass is 332 g/mol. The second-order valence-electron chi connectivity index (χ2n) is 6.07. The number of nitrogens with zero attached hydrogens (tertiary/aromatic N) is 3. The van der Waals surface area contributed by atoms with Gasteiger partial charge in [0.2, 0.25) is 5.91 Å². The third kappa shape index (κ3) is 2.96. The van der Waals surface area contributed by atoms with Gasteiger partial charge in [-0.25, -0.2) is 9.67 Å². The van der Waals surface area contributed by atoms with Crippen molar-refractivity contribution in [1.29, 1.82) is 0 Å². The van der Waals surface area contributed by atoms with E-state index in [0.29, 0.717) is 16.7 Å². The van der Waals surface area contributed by atoms with Gasteiger partial charge in [-0.1, -0.05) is 11.6 Å². The van der Waals surface area contributed by atoms with Gasteiger partial charge in [-0.2, -0.15) is 0 Å². The largest absolute Gasteiger partial charge is 0.375 e. The molecule has 2 unspecified atom stereocenters. The highest BCUT2D eigenvalue weighted by Gasteiger charge is 2.38. The summed E-state index contributed by atoms with van der Waals surface area (Å²) in [5.41, 5.74) is 0. The Morgan fingerprint density at radius 3 is 2.83 bits per heavy atom. The Balaban J connectivity index is 1.45. The van der Waals surface area contributed by atoms with Crippen molar-refractivity contribution in [3.05, 3.63) is 35.6 Å². The summed E-state index contributed by atoms with van der Waals surface area (Å²) in [5.74, 6) is 1.07. The summed E-state index contributed by atoms with van der Waals surface area (Å²) < 4.78 is 7.34. The minimum Gasteiger partial charge on any atom is -0.375 e. The van der Waals surface area contributed by atoms with E-state index in [1.54, 1.807) is 35.3 Å². The molecule has 2 aromatic rings. The standard InChI is InChI=1S/C16H17ClN4O2/c17-13-2-1-6-18-15(13)21-7-5-14(20-21)19-16(22)10-8-11-3-4-12(9-10)23-11/h1-2,5-7,10-12H,3-4,8-9H2,(H,19,20,22). The van der Waals surface area contributed by atoms with Crippen molar-refractivity contribution in [2.45, 2.75) is 37.9 Å². The molecule has 23 heavy (non-hydrogen) atoms. The van der Waals surface area contributed by atoms with E-state index in [9.17, 15) is 4.79 Å². The van der Waals surface area contributed by atoms with Crippen LogP contribution in [0.15, 0.2) is 30.6 Å². The first-order valence-corrected chi connectivity index (χ1v) is 8.20. The number of nitrogens with one attached hydrogen (secondary N) is 1. The summed E-state index contributed by atoms with van der Waals surface area (Å²) in [6.45, 7) is 0. The van der Waals surface area contributed by atoms with Gasteiger partial charge in [-0.05, 0) is 37.8 Å². The van der Waals surface area contributed by atoms with E-state index in [1.807, 2.05) is 0 Å². The topological polar surface area (TPSA) is 69.0 Å². The normalized spacial score (nSPS) is 26.2. The first-order valence-electron chi connectivity index (χ1n) is 7.82. The van der Waals surface area contributed by atoms with Crippen LogP contribution in [-0.2, 0) is 9.53 Å². The molecule has 1 N–H and O–H groups in total. The van der Waals surface area contributed by atoms with Gasteiger partial charge in [0, 0.05) is 24.4 Å². The van der Waals surface area contributed by atoms with E-state index in [0.717, 1.165) is 25.7 Å². The molecule has 4 rings (SSSR count). The zero-order valence-electron chi connectivity index (χ0n) is 12.5. The molecular weight excluding hydrogens is 316 g/mol. The number of amides is 1. The third-order valence-electron chi connectivity index (χ3n) is 4.46. The van der Waals surface area contributed by atoms with Gasteiger partial charge in [0.1, 0.15) is 0 Å². The molecule has 2 saturated heterocycles. The lowest BCUT2D eigenvalue weighted by Gasteiger charge is -2.27. The second-order valence-corrected chi connectivity index (χ2v) is 6.48. The molecule has 4 heterocycles. The Bertz CT molecular complexity index is 720. The lowest BCUT2D eigenvalue weighted by atomic mass is 9.95. The molecule has 7 heteroatoms. The summed E-state index contributed by atoms with van der Waals surface area (Å²) in [6, 6.07) is 5.26. The average Bonchev–Trinajstić information content (AvgIpc) is 3.14. The van der Waals surface area contributed by atoms with Gasteiger partial charge in [-0.3, -0.25) is 4.79 Å². The minimum atomic E-state index is 0.00448. The van der Waals surface area contributed by atoms with Crippen molar-refractivity contribution in [1.82, 2.24) is 14.8 Å². The summed E-state index contributed by atoms with van der Waals surface area (Å²) in [4.78, 5) is 16.6. The van der Waals surface area contributed by atoms with E-state index in [1.165, 1.54) is 0 Å². The Labute approximate surface area is 138 Å². The molecule has 2 bridgehead atoms. The maximum absolute atomic E-state index is 12.4. The highest BCUT2D eigenvalue weighted by molar-refractivity contribution is 6.32. The summed E-state index contributed by atoms with van der Waals surface area (Å²) in [6.07, 6.45) is 7.62. The van der Waals surface area contributed by atoms with Crippen molar-refractivity contribution in [2.24, 2.45) is 5.92 Å². The summed E-state index contributed by atoms with van der Waals surface area (Å²) in [7, 11) is 0. The number of carbonyl (C=O) groups is 1. The van der Waals surface area contributed by atoms with Crippen LogP contribution < -0.4 is 5.32 Å². The van der Waals surface area contributed by atoms with Gasteiger partial charge >= 0.3 is 0 Å². The number of hydrogen-bond donors (Lipinski definition) is 1. The number of anilines is 1. The smallest absolute Gasteiger partial charge is 0.228 e. The first-order chi connectivity index (χ1) is 11.2. The average molecular weight is 333 g/mol. The van der Waals surface area contributed by atoms with E-state index in [-0.39, 0.29) is 24.0 Å². The van der Waals surface area contributed by atoms with Crippen molar-refractivity contribution >= 4 is 23.3 Å². The predicted octanol–water partition coefficient (Wildman–Crippen LogP) is 2.82. The van der Waals surface area contributed by atoms with Gasteiger partial charge < -0.3 is 10.1 Å². The van der Waals surface area contributed by atoms with Gasteiger partial charge in [0.15, 0.2) is 11.6 Å². The number of aromatic nitrogens is 3. The summed E-state index contributed by atoms with van der Waals surface area (Å²) >= 11 is 6.11. The highest BCUT2D eigenvalue weighted by atomic mass is 35.5. The Kier molecular flexibility index (Phi) is 3.79. The van der Waals surface area contributed by atoms with Crippen LogP contribution >= 0.6 is 11.6 Å². The number of carbonyl (C=O) groups excluding carboxylic acids is 1. The van der Waals surface area contributed by atoms with Crippen molar-refractivity contribution in [3.8, 4) is 5.82 Å². The van der Waals surface area contributed by atoms with Gasteiger partial charge in [0.25, 0.3) is 0 Å². The first kappa shape index (κ1) is 14.7. The van der Waals surface area contributed by atoms with E-state index in [2.05, 4.69) is 15.4 Å². The Morgan fingerprint density at radius 2 is 2.09 bits per heavy atom. The molecule has 0 aromatic carbocycles. The molecule has 120 valence electrons. The fourth-order valence-corrected chi connectivity index (χ4v) is 3.56. The molecule has 6 nitrogen and oxygen atoms in total. The van der Waals surface area contributed by atoms with Crippen LogP contribution in [0.2, 0.25) is 5.02 Å². The number of rotatable bonds is 3. The molecule has 0 radical (unpaired) electrons. The zero-order chi connectivity index (χ0) is 15.8. The molecule has 2 aromatic heterocycles. The van der Waals surface area contributed by atoms with E-state index >= 15 is 0 Å². The van der Waals surface area contributed by atoms with Gasteiger partial charge in [0.05, 0.1) is 17.2 Å². The molecular formula is C16H17ClN4O2. The zero-order valence-corrected chi connectivity index (χ0v) is 13.2. The van der Waals surface area contributed by atoms with Crippen molar-refractivity contribution < 1.29 is 9.53 Å². The fourth-order valence-electron chi connectivity index (χ4n) is 3.35. The molecule has 2 atom stereocenters. The number of halogens is 1. The lowest BCUT2D eigenvalue weighted by molar-refractivity contribution is -0.125. The Morgan fingerprint density at radius 1 is 1.30 bits per heavy atom. The van der Waals surface area contributed by atoms with Crippen molar-refractivity contribution in [2.75, 3.05) is 5.32 Å². The number of fused-ring (bicyclic) bond motifs is 2. The maximum Gasteiger partial charge on any atom is 0.228 e. The quantitative estimate of drug-likeness (QED) is 0.938.